The van der Waals surface area contributed by atoms with Crippen molar-refractivity contribution in [3.63, 3.8) is 0 Å². The maximum atomic E-state index is 6.70. The molecule has 0 aliphatic rings. The Morgan fingerprint density at radius 3 is 1.76 bits per heavy atom. The summed E-state index contributed by atoms with van der Waals surface area (Å²) in [4.78, 5) is 2.41. The van der Waals surface area contributed by atoms with Crippen LogP contribution in [0.3, 0.4) is 0 Å². The normalized spacial score (nSPS) is 11.8. The van der Waals surface area contributed by atoms with E-state index in [0.717, 1.165) is 55.5 Å². The summed E-state index contributed by atoms with van der Waals surface area (Å²) >= 11 is 1.86. The Morgan fingerprint density at radius 1 is 0.333 bits per heavy atom. The van der Waals surface area contributed by atoms with Crippen molar-refractivity contribution >= 4 is 103 Å². The fourth-order valence-electron chi connectivity index (χ4n) is 9.89. The molecule has 0 unspecified atom stereocenters. The highest BCUT2D eigenvalue weighted by Gasteiger charge is 2.22. The summed E-state index contributed by atoms with van der Waals surface area (Å²) in [5.74, 6) is 0. The third-order valence-electron chi connectivity index (χ3n) is 12.9. The fourth-order valence-corrected chi connectivity index (χ4v) is 11.0. The van der Waals surface area contributed by atoms with Crippen LogP contribution >= 0.6 is 11.3 Å². The number of rotatable bonds is 6. The molecule has 0 bridgehead atoms. The van der Waals surface area contributed by atoms with Crippen LogP contribution in [0.5, 0.6) is 0 Å². The first-order valence-electron chi connectivity index (χ1n) is 21.5. The van der Waals surface area contributed by atoms with E-state index in [0.29, 0.717) is 0 Å². The SMILES string of the molecule is c1ccc(N(c2ccc(-c3ccc4c(c3)sc3ccccc34)cc2)c2ccc(-c3cc4ccccc4c4ccccc34)cc2)c(-c2cccc3oc4c5ccccc5ccc4c23)c1. The number of hydrogen-bond acceptors (Lipinski definition) is 3. The van der Waals surface area contributed by atoms with E-state index < -0.39 is 0 Å². The van der Waals surface area contributed by atoms with Crippen LogP contribution in [-0.2, 0) is 0 Å². The van der Waals surface area contributed by atoms with Gasteiger partial charge in [0.25, 0.3) is 0 Å². The van der Waals surface area contributed by atoms with E-state index in [1.807, 2.05) is 11.3 Å². The Morgan fingerprint density at radius 2 is 0.937 bits per heavy atom. The van der Waals surface area contributed by atoms with E-state index >= 15 is 0 Å². The summed E-state index contributed by atoms with van der Waals surface area (Å²) in [6, 6.07) is 81.7. The highest BCUT2D eigenvalue weighted by atomic mass is 32.1. The predicted octanol–water partition coefficient (Wildman–Crippen LogP) is 17.9. The maximum Gasteiger partial charge on any atom is 0.143 e. The van der Waals surface area contributed by atoms with Crippen molar-refractivity contribution in [1.29, 1.82) is 0 Å². The molecule has 2 nitrogen and oxygen atoms in total. The lowest BCUT2D eigenvalue weighted by Crippen LogP contribution is -2.11. The fraction of sp³-hybridized carbons (Fsp3) is 0. The van der Waals surface area contributed by atoms with Crippen molar-refractivity contribution in [1.82, 2.24) is 0 Å². The van der Waals surface area contributed by atoms with Crippen molar-refractivity contribution < 1.29 is 4.42 Å². The Labute approximate surface area is 368 Å². The van der Waals surface area contributed by atoms with Gasteiger partial charge < -0.3 is 9.32 Å². The number of thiophene rings is 1. The Bertz CT molecular complexity index is 3910. The highest BCUT2D eigenvalue weighted by Crippen LogP contribution is 2.47. The number of para-hydroxylation sites is 1. The monoisotopic (exact) mass is 819 g/mol. The van der Waals surface area contributed by atoms with Crippen LogP contribution in [0.15, 0.2) is 229 Å². The minimum absolute atomic E-state index is 0.882. The van der Waals surface area contributed by atoms with Crippen molar-refractivity contribution in [2.75, 3.05) is 4.90 Å². The maximum absolute atomic E-state index is 6.70. The molecule has 0 aliphatic heterocycles. The van der Waals surface area contributed by atoms with E-state index in [9.17, 15) is 0 Å². The Hall–Kier alpha value is -7.98. The Balaban J connectivity index is 0.977. The van der Waals surface area contributed by atoms with Gasteiger partial charge in [-0.3, -0.25) is 0 Å². The lowest BCUT2D eigenvalue weighted by atomic mass is 9.93. The zero-order valence-corrected chi connectivity index (χ0v) is 34.9. The molecular formula is C60H37NOS. The van der Waals surface area contributed by atoms with Crippen molar-refractivity contribution in [3.05, 3.63) is 224 Å². The molecule has 0 saturated carbocycles. The van der Waals surface area contributed by atoms with Gasteiger partial charge in [-0.1, -0.05) is 164 Å². The topological polar surface area (TPSA) is 16.4 Å². The quantitative estimate of drug-likeness (QED) is 0.155. The van der Waals surface area contributed by atoms with Crippen LogP contribution in [0.4, 0.5) is 17.1 Å². The molecule has 13 rings (SSSR count). The molecule has 0 atom stereocenters. The molecule has 0 spiro atoms. The lowest BCUT2D eigenvalue weighted by molar-refractivity contribution is 0.673. The van der Waals surface area contributed by atoms with Gasteiger partial charge in [-0.05, 0) is 115 Å². The summed E-state index contributed by atoms with van der Waals surface area (Å²) in [6.07, 6.45) is 0. The predicted molar refractivity (Wildman–Crippen MR) is 270 cm³/mol. The number of furan rings is 1. The van der Waals surface area contributed by atoms with Crippen LogP contribution in [0.2, 0.25) is 0 Å². The first-order chi connectivity index (χ1) is 31.2. The molecule has 294 valence electrons. The molecule has 63 heavy (non-hydrogen) atoms. The Kier molecular flexibility index (Phi) is 8.12. The van der Waals surface area contributed by atoms with Crippen molar-refractivity contribution in [3.8, 4) is 33.4 Å². The molecule has 2 heterocycles. The van der Waals surface area contributed by atoms with E-state index in [-0.39, 0.29) is 0 Å². The highest BCUT2D eigenvalue weighted by molar-refractivity contribution is 7.25. The first-order valence-corrected chi connectivity index (χ1v) is 22.3. The molecule has 0 amide bonds. The van der Waals surface area contributed by atoms with E-state index in [1.165, 1.54) is 69.4 Å². The second kappa shape index (κ2) is 14.3. The van der Waals surface area contributed by atoms with Crippen molar-refractivity contribution in [2.45, 2.75) is 0 Å². The minimum Gasteiger partial charge on any atom is -0.455 e. The average molecular weight is 820 g/mol. The largest absolute Gasteiger partial charge is 0.455 e. The molecule has 0 saturated heterocycles. The summed E-state index contributed by atoms with van der Waals surface area (Å²) in [7, 11) is 0. The zero-order chi connectivity index (χ0) is 41.4. The molecule has 0 radical (unpaired) electrons. The van der Waals surface area contributed by atoms with E-state index in [4.69, 9.17) is 4.42 Å². The van der Waals surface area contributed by atoms with Gasteiger partial charge in [0, 0.05) is 53.3 Å². The molecule has 13 aromatic rings. The molecule has 0 aliphatic carbocycles. The smallest absolute Gasteiger partial charge is 0.143 e. The molecule has 3 heteroatoms. The van der Waals surface area contributed by atoms with Gasteiger partial charge >= 0.3 is 0 Å². The van der Waals surface area contributed by atoms with Gasteiger partial charge in [-0.25, -0.2) is 0 Å². The van der Waals surface area contributed by atoms with E-state index in [1.54, 1.807) is 0 Å². The van der Waals surface area contributed by atoms with Gasteiger partial charge in [-0.2, -0.15) is 0 Å². The third kappa shape index (κ3) is 5.78. The second-order valence-corrected chi connectivity index (χ2v) is 17.5. The van der Waals surface area contributed by atoms with E-state index in [2.05, 4.69) is 229 Å². The first kappa shape index (κ1) is 35.7. The number of hydrogen-bond donors (Lipinski definition) is 0. The average Bonchev–Trinajstić information content (AvgIpc) is 3.93. The molecular weight excluding hydrogens is 783 g/mol. The van der Waals surface area contributed by atoms with Crippen LogP contribution in [0.1, 0.15) is 0 Å². The van der Waals surface area contributed by atoms with Gasteiger partial charge in [-0.15, -0.1) is 11.3 Å². The van der Waals surface area contributed by atoms with Gasteiger partial charge in [0.05, 0.1) is 5.69 Å². The van der Waals surface area contributed by atoms with Crippen LogP contribution < -0.4 is 4.90 Å². The minimum atomic E-state index is 0.882. The zero-order valence-electron chi connectivity index (χ0n) is 34.1. The number of benzene rings is 11. The summed E-state index contributed by atoms with van der Waals surface area (Å²) in [6.45, 7) is 0. The van der Waals surface area contributed by atoms with Gasteiger partial charge in [0.1, 0.15) is 11.2 Å². The molecule has 0 fully saturated rings. The van der Waals surface area contributed by atoms with Crippen molar-refractivity contribution in [2.24, 2.45) is 0 Å². The second-order valence-electron chi connectivity index (χ2n) is 16.4. The number of nitrogens with zero attached hydrogens (tertiary/aromatic N) is 1. The molecule has 2 aromatic heterocycles. The van der Waals surface area contributed by atoms with Gasteiger partial charge in [0.2, 0.25) is 0 Å². The number of fused-ring (bicyclic) bond motifs is 11. The summed E-state index contributed by atoms with van der Waals surface area (Å²) in [5.41, 5.74) is 12.1. The number of anilines is 3. The molecule has 11 aromatic carbocycles. The third-order valence-corrected chi connectivity index (χ3v) is 14.0. The van der Waals surface area contributed by atoms with Crippen LogP contribution in [-0.4, -0.2) is 0 Å². The van der Waals surface area contributed by atoms with Crippen LogP contribution in [0.25, 0.3) is 108 Å². The van der Waals surface area contributed by atoms with Crippen LogP contribution in [0, 0.1) is 0 Å². The summed E-state index contributed by atoms with van der Waals surface area (Å²) in [5, 5.41) is 12.2. The lowest BCUT2D eigenvalue weighted by Gasteiger charge is -2.28. The standard InChI is InChI=1S/C60H37NOS/c1-4-15-46-39(12-1)28-35-53-59-52(20-11-22-56(59)62-60(46)53)49-18-7-9-21-55(49)61(43-30-24-38(25-31-43)41-29-34-51-50-19-8-10-23-57(50)63-58(51)37-41)44-32-26-40(27-33-44)54-36-42-13-2-3-14-45(42)47-16-5-6-17-48(47)54/h1-37H. The molecule has 0 N–H and O–H groups in total. The summed E-state index contributed by atoms with van der Waals surface area (Å²) < 4.78 is 9.32. The van der Waals surface area contributed by atoms with Gasteiger partial charge in [0.15, 0.2) is 0 Å².